The molecule has 0 spiro atoms. The number of carboxylic acids is 1. The molecule has 0 aliphatic carbocycles. The van der Waals surface area contributed by atoms with Crippen molar-refractivity contribution in [3.05, 3.63) is 70.8 Å². The lowest BCUT2D eigenvalue weighted by atomic mass is 10.1. The topological polar surface area (TPSA) is 90.9 Å². The van der Waals surface area contributed by atoms with Crippen molar-refractivity contribution in [2.45, 2.75) is 32.7 Å². The predicted octanol–water partition coefficient (Wildman–Crippen LogP) is 2.60. The van der Waals surface area contributed by atoms with E-state index in [0.717, 1.165) is 37.4 Å². The number of carbonyl (C=O) groups is 2. The van der Waals surface area contributed by atoms with Crippen LogP contribution in [0.1, 0.15) is 34.0 Å². The van der Waals surface area contributed by atoms with Gasteiger partial charge in [-0.3, -0.25) is 4.90 Å². The molecule has 0 radical (unpaired) electrons. The van der Waals surface area contributed by atoms with Gasteiger partial charge in [0.2, 0.25) is 0 Å². The lowest BCUT2D eigenvalue weighted by Crippen LogP contribution is -2.40. The molecule has 2 aromatic rings. The minimum atomic E-state index is -0.965. The Balaban J connectivity index is 1.44. The Morgan fingerprint density at radius 2 is 1.76 bits per heavy atom. The van der Waals surface area contributed by atoms with Crippen LogP contribution < -0.4 is 10.6 Å². The summed E-state index contributed by atoms with van der Waals surface area (Å²) in [5.41, 5.74) is 3.33. The van der Waals surface area contributed by atoms with E-state index in [1.165, 1.54) is 17.7 Å². The fourth-order valence-electron chi connectivity index (χ4n) is 3.32. The minimum Gasteiger partial charge on any atom is -0.478 e. The van der Waals surface area contributed by atoms with Gasteiger partial charge < -0.3 is 20.5 Å². The van der Waals surface area contributed by atoms with Crippen molar-refractivity contribution in [3.63, 3.8) is 0 Å². The third-order valence-corrected chi connectivity index (χ3v) is 4.83. The average Bonchev–Trinajstić information content (AvgIpc) is 2.71. The molecule has 1 saturated heterocycles. The average molecular weight is 397 g/mol. The predicted molar refractivity (Wildman–Crippen MR) is 110 cm³/mol. The molecule has 0 saturated carbocycles. The Morgan fingerprint density at radius 3 is 2.45 bits per heavy atom. The van der Waals surface area contributed by atoms with Gasteiger partial charge in [-0.2, -0.15) is 0 Å². The third-order valence-electron chi connectivity index (χ3n) is 4.83. The molecule has 0 aromatic heterocycles. The molecule has 1 fully saturated rings. The summed E-state index contributed by atoms with van der Waals surface area (Å²) >= 11 is 0. The number of benzene rings is 2. The standard InChI is InChI=1S/C22H27N3O4/c1-16-14-25(9-10-29-16)15-19-4-2-3-18(11-19)13-24-22(28)23-12-17-5-7-20(8-6-17)21(26)27/h2-8,11,16H,9-10,12-15H2,1H3,(H,26,27)(H2,23,24,28). The zero-order valence-corrected chi connectivity index (χ0v) is 16.6. The van der Waals surface area contributed by atoms with Crippen molar-refractivity contribution in [2.24, 2.45) is 0 Å². The molecule has 1 aliphatic heterocycles. The number of nitrogens with zero attached hydrogens (tertiary/aromatic N) is 1. The molecule has 3 N–H and O–H groups in total. The number of morpholine rings is 1. The number of carboxylic acid groups (broad SMARTS) is 1. The number of ether oxygens (including phenoxy) is 1. The zero-order valence-electron chi connectivity index (χ0n) is 16.6. The van der Waals surface area contributed by atoms with Crippen molar-refractivity contribution in [2.75, 3.05) is 19.7 Å². The largest absolute Gasteiger partial charge is 0.478 e. The highest BCUT2D eigenvalue weighted by atomic mass is 16.5. The van der Waals surface area contributed by atoms with Crippen LogP contribution in [0, 0.1) is 0 Å². The molecule has 7 heteroatoms. The molecular formula is C22H27N3O4. The van der Waals surface area contributed by atoms with E-state index < -0.39 is 5.97 Å². The van der Waals surface area contributed by atoms with E-state index in [2.05, 4.69) is 34.6 Å². The van der Waals surface area contributed by atoms with E-state index >= 15 is 0 Å². The first kappa shape index (κ1) is 20.8. The summed E-state index contributed by atoms with van der Waals surface area (Å²) in [4.78, 5) is 25.3. The van der Waals surface area contributed by atoms with Crippen LogP contribution in [0.15, 0.2) is 48.5 Å². The summed E-state index contributed by atoms with van der Waals surface area (Å²) in [6, 6.07) is 14.4. The Kier molecular flexibility index (Phi) is 7.21. The lowest BCUT2D eigenvalue weighted by molar-refractivity contribution is -0.0212. The molecule has 1 unspecified atom stereocenters. The maximum absolute atomic E-state index is 12.1. The van der Waals surface area contributed by atoms with Crippen LogP contribution >= 0.6 is 0 Å². The summed E-state index contributed by atoms with van der Waals surface area (Å²) in [6.45, 7) is 6.37. The van der Waals surface area contributed by atoms with Crippen LogP contribution in [0.25, 0.3) is 0 Å². The number of aromatic carboxylic acids is 1. The van der Waals surface area contributed by atoms with Gasteiger partial charge in [0.25, 0.3) is 0 Å². The van der Waals surface area contributed by atoms with Gasteiger partial charge in [0.1, 0.15) is 0 Å². The van der Waals surface area contributed by atoms with Crippen LogP contribution in [0.4, 0.5) is 4.79 Å². The van der Waals surface area contributed by atoms with E-state index in [9.17, 15) is 9.59 Å². The zero-order chi connectivity index (χ0) is 20.6. The Hall–Kier alpha value is -2.90. The van der Waals surface area contributed by atoms with Gasteiger partial charge in [-0.05, 0) is 35.7 Å². The molecule has 2 aromatic carbocycles. The normalized spacial score (nSPS) is 16.9. The van der Waals surface area contributed by atoms with Crippen molar-refractivity contribution in [1.29, 1.82) is 0 Å². The molecule has 1 heterocycles. The fourth-order valence-corrected chi connectivity index (χ4v) is 3.32. The second-order valence-electron chi connectivity index (χ2n) is 7.27. The first-order chi connectivity index (χ1) is 14.0. The summed E-state index contributed by atoms with van der Waals surface area (Å²) in [5, 5.41) is 14.5. The molecule has 29 heavy (non-hydrogen) atoms. The number of carbonyl (C=O) groups excluding carboxylic acids is 1. The van der Waals surface area contributed by atoms with Crippen molar-refractivity contribution in [1.82, 2.24) is 15.5 Å². The summed E-state index contributed by atoms with van der Waals surface area (Å²) in [7, 11) is 0. The van der Waals surface area contributed by atoms with E-state index in [-0.39, 0.29) is 17.7 Å². The number of rotatable bonds is 7. The Bertz CT molecular complexity index is 838. The summed E-state index contributed by atoms with van der Waals surface area (Å²) in [6.07, 6.45) is 0.262. The van der Waals surface area contributed by atoms with Crippen molar-refractivity contribution >= 4 is 12.0 Å². The fraction of sp³-hybridized carbons (Fsp3) is 0.364. The van der Waals surface area contributed by atoms with E-state index in [1.807, 2.05) is 12.1 Å². The lowest BCUT2D eigenvalue weighted by Gasteiger charge is -2.31. The number of hydrogen-bond donors (Lipinski definition) is 3. The molecule has 7 nitrogen and oxygen atoms in total. The van der Waals surface area contributed by atoms with E-state index in [4.69, 9.17) is 9.84 Å². The van der Waals surface area contributed by atoms with E-state index in [1.54, 1.807) is 12.1 Å². The highest BCUT2D eigenvalue weighted by Gasteiger charge is 2.16. The van der Waals surface area contributed by atoms with Crippen LogP contribution in [-0.4, -0.2) is 47.8 Å². The summed E-state index contributed by atoms with van der Waals surface area (Å²) in [5.74, 6) is -0.965. The SMILES string of the molecule is CC1CN(Cc2cccc(CNC(=O)NCc3ccc(C(=O)O)cc3)c2)CCO1. The van der Waals surface area contributed by atoms with Gasteiger partial charge in [-0.25, -0.2) is 9.59 Å². The van der Waals surface area contributed by atoms with Gasteiger partial charge in [0, 0.05) is 32.7 Å². The summed E-state index contributed by atoms with van der Waals surface area (Å²) < 4.78 is 5.58. The molecule has 2 amide bonds. The number of urea groups is 1. The van der Waals surface area contributed by atoms with E-state index in [0.29, 0.717) is 13.1 Å². The highest BCUT2D eigenvalue weighted by Crippen LogP contribution is 2.12. The number of amides is 2. The molecule has 1 atom stereocenters. The molecule has 0 bridgehead atoms. The van der Waals surface area contributed by atoms with Gasteiger partial charge in [-0.1, -0.05) is 36.4 Å². The second-order valence-corrected chi connectivity index (χ2v) is 7.27. The maximum Gasteiger partial charge on any atom is 0.335 e. The van der Waals surface area contributed by atoms with Crippen LogP contribution in [0.2, 0.25) is 0 Å². The van der Waals surface area contributed by atoms with Gasteiger partial charge >= 0.3 is 12.0 Å². The van der Waals surface area contributed by atoms with Gasteiger partial charge in [0.05, 0.1) is 18.3 Å². The Labute approximate surface area is 170 Å². The number of nitrogens with one attached hydrogen (secondary N) is 2. The highest BCUT2D eigenvalue weighted by molar-refractivity contribution is 5.87. The first-order valence-corrected chi connectivity index (χ1v) is 9.75. The van der Waals surface area contributed by atoms with Crippen molar-refractivity contribution < 1.29 is 19.4 Å². The van der Waals surface area contributed by atoms with Gasteiger partial charge in [0.15, 0.2) is 0 Å². The maximum atomic E-state index is 12.1. The Morgan fingerprint density at radius 1 is 1.07 bits per heavy atom. The molecule has 1 aliphatic rings. The third kappa shape index (κ3) is 6.58. The molecular weight excluding hydrogens is 370 g/mol. The smallest absolute Gasteiger partial charge is 0.335 e. The van der Waals surface area contributed by atoms with Crippen LogP contribution in [-0.2, 0) is 24.4 Å². The van der Waals surface area contributed by atoms with Gasteiger partial charge in [-0.15, -0.1) is 0 Å². The first-order valence-electron chi connectivity index (χ1n) is 9.75. The number of hydrogen-bond acceptors (Lipinski definition) is 4. The van der Waals surface area contributed by atoms with Crippen molar-refractivity contribution in [3.8, 4) is 0 Å². The van der Waals surface area contributed by atoms with Crippen LogP contribution in [0.5, 0.6) is 0 Å². The molecule has 154 valence electrons. The molecule has 3 rings (SSSR count). The minimum absolute atomic E-state index is 0.226. The second kappa shape index (κ2) is 10.0. The van der Waals surface area contributed by atoms with Crippen LogP contribution in [0.3, 0.4) is 0 Å². The quantitative estimate of drug-likeness (QED) is 0.668. The monoisotopic (exact) mass is 397 g/mol.